The molecule has 5 nitrogen and oxygen atoms in total. The Morgan fingerprint density at radius 1 is 1.29 bits per heavy atom. The Labute approximate surface area is 143 Å². The quantitative estimate of drug-likeness (QED) is 0.405. The van der Waals surface area contributed by atoms with Crippen molar-refractivity contribution in [1.82, 2.24) is 10.2 Å². The Morgan fingerprint density at radius 2 is 2.04 bits per heavy atom. The van der Waals surface area contributed by atoms with Crippen molar-refractivity contribution in [1.29, 1.82) is 0 Å². The van der Waals surface area contributed by atoms with E-state index >= 15 is 0 Å². The van der Waals surface area contributed by atoms with Gasteiger partial charge in [0.05, 0.1) is 19.7 Å². The van der Waals surface area contributed by atoms with Crippen LogP contribution in [-0.4, -0.2) is 57.4 Å². The average Bonchev–Trinajstić information content (AvgIpc) is 3.39. The molecule has 0 unspecified atom stereocenters. The molecule has 0 radical (unpaired) electrons. The van der Waals surface area contributed by atoms with E-state index < -0.39 is 0 Å². The molecule has 1 saturated carbocycles. The summed E-state index contributed by atoms with van der Waals surface area (Å²) in [5.74, 6) is 2.04. The Hall–Kier alpha value is -1.82. The molecule has 1 aliphatic rings. The molecule has 0 amide bonds. The number of nitrogens with one attached hydrogen (secondary N) is 1. The standard InChI is InChI=1S/C18H28FN3O2/c1-3-20-18(21-10-12-23-14-15-4-5-15)22(2)11-13-24-17-8-6-16(19)7-9-17/h6-9,15H,3-5,10-14H2,1-2H3,(H,20,21). The lowest BCUT2D eigenvalue weighted by atomic mass is 10.3. The molecule has 24 heavy (non-hydrogen) atoms. The summed E-state index contributed by atoms with van der Waals surface area (Å²) in [4.78, 5) is 6.59. The predicted molar refractivity (Wildman–Crippen MR) is 94.0 cm³/mol. The van der Waals surface area contributed by atoms with E-state index in [0.717, 1.165) is 25.0 Å². The van der Waals surface area contributed by atoms with Crippen LogP contribution in [0.4, 0.5) is 4.39 Å². The molecule has 1 aliphatic carbocycles. The molecule has 0 aromatic heterocycles. The fourth-order valence-electron chi connectivity index (χ4n) is 2.16. The molecule has 1 N–H and O–H groups in total. The molecule has 1 aromatic carbocycles. The molecule has 6 heteroatoms. The summed E-state index contributed by atoms with van der Waals surface area (Å²) in [5, 5.41) is 3.27. The van der Waals surface area contributed by atoms with Crippen LogP contribution in [0.1, 0.15) is 19.8 Å². The maximum atomic E-state index is 12.9. The topological polar surface area (TPSA) is 46.1 Å². The van der Waals surface area contributed by atoms with E-state index in [1.807, 2.05) is 18.9 Å². The van der Waals surface area contributed by atoms with Crippen molar-refractivity contribution >= 4 is 5.96 Å². The van der Waals surface area contributed by atoms with E-state index in [0.29, 0.717) is 32.1 Å². The average molecular weight is 337 g/mol. The Morgan fingerprint density at radius 3 is 2.71 bits per heavy atom. The number of aliphatic imine (C=N–C) groups is 1. The van der Waals surface area contributed by atoms with Crippen molar-refractivity contribution in [2.75, 3.05) is 46.5 Å². The van der Waals surface area contributed by atoms with Crippen molar-refractivity contribution in [3.8, 4) is 5.75 Å². The molecule has 0 heterocycles. The third-order valence-electron chi connectivity index (χ3n) is 3.75. The van der Waals surface area contributed by atoms with Gasteiger partial charge in [0.15, 0.2) is 5.96 Å². The van der Waals surface area contributed by atoms with Gasteiger partial charge in [-0.05, 0) is 49.9 Å². The maximum Gasteiger partial charge on any atom is 0.193 e. The number of halogens is 1. The minimum atomic E-state index is -0.259. The van der Waals surface area contributed by atoms with Gasteiger partial charge in [-0.3, -0.25) is 4.99 Å². The van der Waals surface area contributed by atoms with Crippen molar-refractivity contribution < 1.29 is 13.9 Å². The fraction of sp³-hybridized carbons (Fsp3) is 0.611. The second-order valence-corrected chi connectivity index (χ2v) is 5.98. The highest BCUT2D eigenvalue weighted by Crippen LogP contribution is 2.28. The number of benzene rings is 1. The second-order valence-electron chi connectivity index (χ2n) is 5.98. The number of nitrogens with zero attached hydrogens (tertiary/aromatic N) is 2. The number of hydrogen-bond acceptors (Lipinski definition) is 3. The summed E-state index contributed by atoms with van der Waals surface area (Å²) < 4.78 is 24.1. The highest BCUT2D eigenvalue weighted by molar-refractivity contribution is 5.79. The van der Waals surface area contributed by atoms with Crippen molar-refractivity contribution in [2.24, 2.45) is 10.9 Å². The SMILES string of the molecule is CCNC(=NCCOCC1CC1)N(C)CCOc1ccc(F)cc1. The molecule has 0 atom stereocenters. The van der Waals surface area contributed by atoms with Crippen molar-refractivity contribution in [3.05, 3.63) is 30.1 Å². The van der Waals surface area contributed by atoms with Gasteiger partial charge in [0.2, 0.25) is 0 Å². The van der Waals surface area contributed by atoms with Crippen LogP contribution in [0.5, 0.6) is 5.75 Å². The highest BCUT2D eigenvalue weighted by Gasteiger charge is 2.20. The lowest BCUT2D eigenvalue weighted by Crippen LogP contribution is -2.41. The van der Waals surface area contributed by atoms with Crippen LogP contribution < -0.4 is 10.1 Å². The molecule has 1 aromatic rings. The van der Waals surface area contributed by atoms with Gasteiger partial charge >= 0.3 is 0 Å². The highest BCUT2D eigenvalue weighted by atomic mass is 19.1. The summed E-state index contributed by atoms with van der Waals surface area (Å²) in [6.45, 7) is 6.22. The minimum absolute atomic E-state index is 0.259. The zero-order valence-corrected chi connectivity index (χ0v) is 14.6. The number of guanidine groups is 1. The van der Waals surface area contributed by atoms with Gasteiger partial charge in [0.1, 0.15) is 18.2 Å². The predicted octanol–water partition coefficient (Wildman–Crippen LogP) is 2.53. The summed E-state index contributed by atoms with van der Waals surface area (Å²) in [6, 6.07) is 6.05. The van der Waals surface area contributed by atoms with Gasteiger partial charge in [-0.15, -0.1) is 0 Å². The van der Waals surface area contributed by atoms with E-state index in [9.17, 15) is 4.39 Å². The fourth-order valence-corrected chi connectivity index (χ4v) is 2.16. The van der Waals surface area contributed by atoms with Crippen LogP contribution in [-0.2, 0) is 4.74 Å². The van der Waals surface area contributed by atoms with E-state index in [1.54, 1.807) is 12.1 Å². The molecule has 0 spiro atoms. The molecule has 2 rings (SSSR count). The Balaban J connectivity index is 1.68. The van der Waals surface area contributed by atoms with Crippen LogP contribution in [0.25, 0.3) is 0 Å². The van der Waals surface area contributed by atoms with Crippen LogP contribution in [0.3, 0.4) is 0 Å². The summed E-state index contributed by atoms with van der Waals surface area (Å²) in [7, 11) is 1.97. The van der Waals surface area contributed by atoms with Gasteiger partial charge in [0, 0.05) is 20.2 Å². The molecular formula is C18H28FN3O2. The van der Waals surface area contributed by atoms with Gasteiger partial charge in [-0.25, -0.2) is 4.39 Å². The third-order valence-corrected chi connectivity index (χ3v) is 3.75. The molecular weight excluding hydrogens is 309 g/mol. The summed E-state index contributed by atoms with van der Waals surface area (Å²) >= 11 is 0. The molecule has 134 valence electrons. The summed E-state index contributed by atoms with van der Waals surface area (Å²) in [5.41, 5.74) is 0. The van der Waals surface area contributed by atoms with E-state index in [-0.39, 0.29) is 5.82 Å². The minimum Gasteiger partial charge on any atom is -0.492 e. The van der Waals surface area contributed by atoms with E-state index in [4.69, 9.17) is 9.47 Å². The number of likely N-dealkylation sites (N-methyl/N-ethyl adjacent to an activating group) is 1. The first-order chi connectivity index (χ1) is 11.7. The molecule has 0 bridgehead atoms. The van der Waals surface area contributed by atoms with Crippen LogP contribution in [0.2, 0.25) is 0 Å². The van der Waals surface area contributed by atoms with Crippen LogP contribution >= 0.6 is 0 Å². The first kappa shape index (κ1) is 18.5. The zero-order valence-electron chi connectivity index (χ0n) is 14.6. The third kappa shape index (κ3) is 7.17. The largest absolute Gasteiger partial charge is 0.492 e. The lowest BCUT2D eigenvalue weighted by molar-refractivity contribution is 0.131. The van der Waals surface area contributed by atoms with Gasteiger partial charge in [0.25, 0.3) is 0 Å². The first-order valence-corrected chi connectivity index (χ1v) is 8.64. The van der Waals surface area contributed by atoms with Gasteiger partial charge < -0.3 is 19.7 Å². The maximum absolute atomic E-state index is 12.9. The Kier molecular flexibility index (Phi) is 7.82. The van der Waals surface area contributed by atoms with Gasteiger partial charge in [-0.2, -0.15) is 0 Å². The smallest absolute Gasteiger partial charge is 0.193 e. The second kappa shape index (κ2) is 10.1. The number of hydrogen-bond donors (Lipinski definition) is 1. The van der Waals surface area contributed by atoms with E-state index in [1.165, 1.54) is 25.0 Å². The zero-order chi connectivity index (χ0) is 17.2. The van der Waals surface area contributed by atoms with Crippen molar-refractivity contribution in [3.63, 3.8) is 0 Å². The normalized spacial score (nSPS) is 14.5. The summed E-state index contributed by atoms with van der Waals surface area (Å²) in [6.07, 6.45) is 2.62. The Bertz CT molecular complexity index is 503. The number of rotatable bonds is 10. The monoisotopic (exact) mass is 337 g/mol. The molecule has 1 fully saturated rings. The first-order valence-electron chi connectivity index (χ1n) is 8.64. The van der Waals surface area contributed by atoms with Gasteiger partial charge in [-0.1, -0.05) is 0 Å². The van der Waals surface area contributed by atoms with Crippen molar-refractivity contribution in [2.45, 2.75) is 19.8 Å². The van der Waals surface area contributed by atoms with Crippen LogP contribution in [0, 0.1) is 11.7 Å². The number of ether oxygens (including phenoxy) is 2. The van der Waals surface area contributed by atoms with Crippen LogP contribution in [0.15, 0.2) is 29.3 Å². The van der Waals surface area contributed by atoms with E-state index in [2.05, 4.69) is 10.3 Å². The molecule has 0 saturated heterocycles. The lowest BCUT2D eigenvalue weighted by Gasteiger charge is -2.22. The molecule has 0 aliphatic heterocycles.